The fraction of sp³-hybridized carbons (Fsp3) is 0.273. The molecular weight excluding hydrogens is 264 g/mol. The van der Waals surface area contributed by atoms with Crippen molar-refractivity contribution < 1.29 is 9.72 Å². The topological polar surface area (TPSA) is 116 Å². The molecule has 0 spiro atoms. The second-order valence-corrected chi connectivity index (χ2v) is 4.03. The Kier molecular flexibility index (Phi) is 3.69. The highest BCUT2D eigenvalue weighted by atomic mass is 16.6. The number of aryl methyl sites for hydroxylation is 2. The lowest BCUT2D eigenvalue weighted by molar-refractivity contribution is -0.385. The number of anilines is 1. The Labute approximate surface area is 113 Å². The number of carbonyl (C=O) groups excluding carboxylic acids is 1. The summed E-state index contributed by atoms with van der Waals surface area (Å²) >= 11 is 0. The van der Waals surface area contributed by atoms with E-state index < -0.39 is 10.8 Å². The van der Waals surface area contributed by atoms with Crippen molar-refractivity contribution in [3.8, 4) is 0 Å². The van der Waals surface area contributed by atoms with Crippen molar-refractivity contribution in [2.45, 2.75) is 20.4 Å². The molecule has 1 N–H and O–H groups in total. The zero-order chi connectivity index (χ0) is 14.7. The number of aromatic nitrogens is 4. The normalized spacial score (nSPS) is 10.3. The van der Waals surface area contributed by atoms with Gasteiger partial charge in [-0.3, -0.25) is 20.2 Å². The highest BCUT2D eigenvalue weighted by molar-refractivity contribution is 6.03. The number of nitro groups is 1. The Hall–Kier alpha value is -2.84. The molecule has 0 bridgehead atoms. The van der Waals surface area contributed by atoms with E-state index in [-0.39, 0.29) is 11.6 Å². The predicted molar refractivity (Wildman–Crippen MR) is 69.3 cm³/mol. The molecule has 1 amide bonds. The summed E-state index contributed by atoms with van der Waals surface area (Å²) < 4.78 is 1.43. The molecule has 9 nitrogen and oxygen atoms in total. The molecule has 1 heterocycles. The van der Waals surface area contributed by atoms with Crippen LogP contribution in [0.5, 0.6) is 0 Å². The Morgan fingerprint density at radius 2 is 2.25 bits per heavy atom. The van der Waals surface area contributed by atoms with Gasteiger partial charge in [-0.2, -0.15) is 0 Å². The number of benzene rings is 1. The molecule has 0 aliphatic rings. The summed E-state index contributed by atoms with van der Waals surface area (Å²) in [5.41, 5.74) is 0.691. The van der Waals surface area contributed by atoms with Gasteiger partial charge in [-0.1, -0.05) is 5.10 Å². The molecule has 2 aromatic rings. The van der Waals surface area contributed by atoms with E-state index in [1.807, 2.05) is 6.92 Å². The second kappa shape index (κ2) is 5.43. The molecule has 0 fully saturated rings. The molecule has 104 valence electrons. The SMILES string of the molecule is CCn1nnnc1NC(=O)c1ccc([N+](=O)[O-])c(C)c1. The van der Waals surface area contributed by atoms with Gasteiger partial charge < -0.3 is 0 Å². The van der Waals surface area contributed by atoms with Crippen molar-refractivity contribution in [3.05, 3.63) is 39.4 Å². The molecule has 0 aliphatic carbocycles. The molecule has 20 heavy (non-hydrogen) atoms. The zero-order valence-electron chi connectivity index (χ0n) is 10.9. The summed E-state index contributed by atoms with van der Waals surface area (Å²) in [4.78, 5) is 22.3. The van der Waals surface area contributed by atoms with Gasteiger partial charge in [-0.05, 0) is 36.4 Å². The number of hydrogen-bond donors (Lipinski definition) is 1. The van der Waals surface area contributed by atoms with Crippen molar-refractivity contribution in [1.29, 1.82) is 0 Å². The lowest BCUT2D eigenvalue weighted by atomic mass is 10.1. The zero-order valence-corrected chi connectivity index (χ0v) is 10.9. The van der Waals surface area contributed by atoms with Crippen LogP contribution in [-0.2, 0) is 6.54 Å². The predicted octanol–water partition coefficient (Wildman–Crippen LogP) is 1.16. The number of hydrogen-bond acceptors (Lipinski definition) is 6. The van der Waals surface area contributed by atoms with Crippen LogP contribution in [0.3, 0.4) is 0 Å². The van der Waals surface area contributed by atoms with Crippen molar-refractivity contribution in [1.82, 2.24) is 20.2 Å². The fourth-order valence-electron chi connectivity index (χ4n) is 1.68. The maximum atomic E-state index is 12.0. The monoisotopic (exact) mass is 276 g/mol. The second-order valence-electron chi connectivity index (χ2n) is 4.03. The first kappa shape index (κ1) is 13.6. The third kappa shape index (κ3) is 2.60. The number of rotatable bonds is 4. The number of amides is 1. The average molecular weight is 276 g/mol. The van der Waals surface area contributed by atoms with Gasteiger partial charge in [0.2, 0.25) is 5.95 Å². The van der Waals surface area contributed by atoms with E-state index in [0.29, 0.717) is 17.7 Å². The lowest BCUT2D eigenvalue weighted by Crippen LogP contribution is -2.16. The van der Waals surface area contributed by atoms with Crippen LogP contribution in [0, 0.1) is 17.0 Å². The van der Waals surface area contributed by atoms with Gasteiger partial charge >= 0.3 is 0 Å². The fourth-order valence-corrected chi connectivity index (χ4v) is 1.68. The van der Waals surface area contributed by atoms with Crippen LogP contribution in [-0.4, -0.2) is 31.0 Å². The molecule has 2 rings (SSSR count). The minimum Gasteiger partial charge on any atom is -0.289 e. The highest BCUT2D eigenvalue weighted by Gasteiger charge is 2.15. The lowest BCUT2D eigenvalue weighted by Gasteiger charge is -2.05. The third-order valence-electron chi connectivity index (χ3n) is 2.71. The van der Waals surface area contributed by atoms with Gasteiger partial charge in [-0.25, -0.2) is 4.68 Å². The largest absolute Gasteiger partial charge is 0.289 e. The van der Waals surface area contributed by atoms with E-state index in [0.717, 1.165) is 0 Å². The molecule has 0 saturated heterocycles. The molecule has 1 aromatic heterocycles. The summed E-state index contributed by atoms with van der Waals surface area (Å²) in [6, 6.07) is 4.14. The number of nitrogens with one attached hydrogen (secondary N) is 1. The minimum absolute atomic E-state index is 0.0278. The van der Waals surface area contributed by atoms with Gasteiger partial charge in [0.15, 0.2) is 0 Å². The van der Waals surface area contributed by atoms with Crippen molar-refractivity contribution in [3.63, 3.8) is 0 Å². The van der Waals surface area contributed by atoms with Crippen LogP contribution < -0.4 is 5.32 Å². The summed E-state index contributed by atoms with van der Waals surface area (Å²) in [5.74, 6) is -0.194. The smallest absolute Gasteiger partial charge is 0.272 e. The van der Waals surface area contributed by atoms with Gasteiger partial charge in [0, 0.05) is 23.7 Å². The maximum absolute atomic E-state index is 12.0. The Balaban J connectivity index is 2.22. The van der Waals surface area contributed by atoms with Crippen LogP contribution in [0.25, 0.3) is 0 Å². The van der Waals surface area contributed by atoms with E-state index in [1.165, 1.54) is 22.9 Å². The molecule has 0 unspecified atom stereocenters. The Morgan fingerprint density at radius 1 is 1.50 bits per heavy atom. The van der Waals surface area contributed by atoms with Crippen molar-refractivity contribution in [2.75, 3.05) is 5.32 Å². The van der Waals surface area contributed by atoms with Gasteiger partial charge in [0.25, 0.3) is 11.6 Å². The van der Waals surface area contributed by atoms with Crippen LogP contribution in [0.2, 0.25) is 0 Å². The first-order chi connectivity index (χ1) is 9.52. The Morgan fingerprint density at radius 3 is 2.85 bits per heavy atom. The summed E-state index contributed by atoms with van der Waals surface area (Å²) in [6.45, 7) is 3.93. The molecule has 0 radical (unpaired) electrons. The first-order valence-electron chi connectivity index (χ1n) is 5.85. The number of tetrazole rings is 1. The van der Waals surface area contributed by atoms with E-state index in [2.05, 4.69) is 20.8 Å². The van der Waals surface area contributed by atoms with Crippen molar-refractivity contribution in [2.24, 2.45) is 0 Å². The van der Waals surface area contributed by atoms with Crippen LogP contribution >= 0.6 is 0 Å². The minimum atomic E-state index is -0.491. The average Bonchev–Trinajstić information content (AvgIpc) is 2.85. The number of carbonyl (C=O) groups is 1. The molecule has 9 heteroatoms. The highest BCUT2D eigenvalue weighted by Crippen LogP contribution is 2.19. The molecule has 1 aromatic carbocycles. The number of nitrogens with zero attached hydrogens (tertiary/aromatic N) is 5. The summed E-state index contributed by atoms with van der Waals surface area (Å²) in [6.07, 6.45) is 0. The summed E-state index contributed by atoms with van der Waals surface area (Å²) in [7, 11) is 0. The molecule has 0 aliphatic heterocycles. The van der Waals surface area contributed by atoms with Gasteiger partial charge in [0.05, 0.1) is 4.92 Å². The van der Waals surface area contributed by atoms with E-state index in [1.54, 1.807) is 6.92 Å². The number of nitro benzene ring substituents is 1. The molecule has 0 atom stereocenters. The van der Waals surface area contributed by atoms with Crippen molar-refractivity contribution >= 4 is 17.5 Å². The van der Waals surface area contributed by atoms with Gasteiger partial charge in [0.1, 0.15) is 0 Å². The quantitative estimate of drug-likeness (QED) is 0.661. The first-order valence-corrected chi connectivity index (χ1v) is 5.85. The van der Waals surface area contributed by atoms with Crippen LogP contribution in [0.15, 0.2) is 18.2 Å². The van der Waals surface area contributed by atoms with E-state index >= 15 is 0 Å². The van der Waals surface area contributed by atoms with E-state index in [4.69, 9.17) is 0 Å². The summed E-state index contributed by atoms with van der Waals surface area (Å²) in [5, 5.41) is 24.1. The standard InChI is InChI=1S/C11H12N6O3/c1-3-16-11(13-14-15-16)12-10(18)8-4-5-9(17(19)20)7(2)6-8/h4-6H,3H2,1-2H3,(H,12,13,15,18). The third-order valence-corrected chi connectivity index (χ3v) is 2.71. The maximum Gasteiger partial charge on any atom is 0.272 e. The molecular formula is C11H12N6O3. The van der Waals surface area contributed by atoms with Crippen LogP contribution in [0.4, 0.5) is 11.6 Å². The van der Waals surface area contributed by atoms with Crippen LogP contribution in [0.1, 0.15) is 22.8 Å². The van der Waals surface area contributed by atoms with E-state index in [9.17, 15) is 14.9 Å². The molecule has 0 saturated carbocycles. The van der Waals surface area contributed by atoms with Gasteiger partial charge in [-0.15, -0.1) is 0 Å². The Bertz CT molecular complexity index is 666.